The van der Waals surface area contributed by atoms with Crippen LogP contribution >= 0.6 is 11.8 Å². The molecule has 0 aliphatic heterocycles. The molecule has 0 amide bonds. The summed E-state index contributed by atoms with van der Waals surface area (Å²) in [6.07, 6.45) is 1.19. The molecule has 2 N–H and O–H groups in total. The number of thioether (sulfide) groups is 1. The standard InChI is InChI=1S/C10H23NO2S/c1-10(8-12)9-14-7-3-4-11-5-6-13-2/h10-12H,3-9H2,1-2H3. The second-order valence-electron chi connectivity index (χ2n) is 3.46. The van der Waals surface area contributed by atoms with Gasteiger partial charge in [-0.1, -0.05) is 6.92 Å². The summed E-state index contributed by atoms with van der Waals surface area (Å²) in [4.78, 5) is 0. The van der Waals surface area contributed by atoms with Crippen molar-refractivity contribution < 1.29 is 9.84 Å². The van der Waals surface area contributed by atoms with Crippen molar-refractivity contribution >= 4 is 11.8 Å². The number of nitrogens with one attached hydrogen (secondary N) is 1. The number of aliphatic hydroxyl groups excluding tert-OH is 1. The zero-order valence-electron chi connectivity index (χ0n) is 9.29. The zero-order valence-corrected chi connectivity index (χ0v) is 10.1. The Bertz CT molecular complexity index is 114. The minimum absolute atomic E-state index is 0.305. The third-order valence-electron chi connectivity index (χ3n) is 1.84. The van der Waals surface area contributed by atoms with E-state index in [2.05, 4.69) is 12.2 Å². The van der Waals surface area contributed by atoms with Crippen LogP contribution < -0.4 is 5.32 Å². The van der Waals surface area contributed by atoms with Crippen LogP contribution in [0, 0.1) is 5.92 Å². The molecular formula is C10H23NO2S. The van der Waals surface area contributed by atoms with Gasteiger partial charge in [-0.3, -0.25) is 0 Å². The molecule has 1 atom stereocenters. The van der Waals surface area contributed by atoms with Crippen molar-refractivity contribution in [3.8, 4) is 0 Å². The third kappa shape index (κ3) is 10.3. The molecule has 0 spiro atoms. The van der Waals surface area contributed by atoms with E-state index in [1.165, 1.54) is 12.2 Å². The van der Waals surface area contributed by atoms with Gasteiger partial charge in [0.1, 0.15) is 0 Å². The van der Waals surface area contributed by atoms with E-state index in [1.54, 1.807) is 7.11 Å². The van der Waals surface area contributed by atoms with Crippen molar-refractivity contribution in [1.29, 1.82) is 0 Å². The van der Waals surface area contributed by atoms with Crippen LogP contribution in [0.1, 0.15) is 13.3 Å². The summed E-state index contributed by atoms with van der Waals surface area (Å²) < 4.78 is 4.92. The van der Waals surface area contributed by atoms with E-state index in [1.807, 2.05) is 11.8 Å². The van der Waals surface area contributed by atoms with Crippen molar-refractivity contribution in [3.63, 3.8) is 0 Å². The molecule has 0 aromatic heterocycles. The van der Waals surface area contributed by atoms with Crippen LogP contribution in [0.25, 0.3) is 0 Å². The molecule has 0 saturated carbocycles. The summed E-state index contributed by atoms with van der Waals surface area (Å²) >= 11 is 1.92. The van der Waals surface area contributed by atoms with Crippen LogP contribution in [0.5, 0.6) is 0 Å². The normalized spacial score (nSPS) is 13.1. The molecule has 3 nitrogen and oxygen atoms in total. The van der Waals surface area contributed by atoms with Crippen LogP contribution in [0.2, 0.25) is 0 Å². The summed E-state index contributed by atoms with van der Waals surface area (Å²) in [5.74, 6) is 2.67. The molecule has 86 valence electrons. The monoisotopic (exact) mass is 221 g/mol. The SMILES string of the molecule is COCCNCCCSCC(C)CO. The van der Waals surface area contributed by atoms with Gasteiger partial charge in [0.2, 0.25) is 0 Å². The van der Waals surface area contributed by atoms with Crippen LogP contribution in [0.4, 0.5) is 0 Å². The van der Waals surface area contributed by atoms with E-state index >= 15 is 0 Å². The van der Waals surface area contributed by atoms with E-state index in [0.717, 1.165) is 25.4 Å². The average molecular weight is 221 g/mol. The van der Waals surface area contributed by atoms with Gasteiger partial charge in [0.15, 0.2) is 0 Å². The Labute approximate surface area is 91.6 Å². The van der Waals surface area contributed by atoms with Gasteiger partial charge in [-0.05, 0) is 30.4 Å². The highest BCUT2D eigenvalue weighted by Crippen LogP contribution is 2.08. The van der Waals surface area contributed by atoms with E-state index in [-0.39, 0.29) is 0 Å². The van der Waals surface area contributed by atoms with Gasteiger partial charge in [-0.2, -0.15) is 11.8 Å². The van der Waals surface area contributed by atoms with Gasteiger partial charge in [-0.15, -0.1) is 0 Å². The first-order chi connectivity index (χ1) is 6.81. The second-order valence-corrected chi connectivity index (χ2v) is 4.61. The van der Waals surface area contributed by atoms with E-state index in [4.69, 9.17) is 9.84 Å². The smallest absolute Gasteiger partial charge is 0.0587 e. The van der Waals surface area contributed by atoms with Crippen molar-refractivity contribution in [2.75, 3.05) is 44.9 Å². The van der Waals surface area contributed by atoms with E-state index < -0.39 is 0 Å². The lowest BCUT2D eigenvalue weighted by Crippen LogP contribution is -2.20. The van der Waals surface area contributed by atoms with Crippen LogP contribution in [-0.2, 0) is 4.74 Å². The molecule has 0 heterocycles. The van der Waals surface area contributed by atoms with Gasteiger partial charge in [0, 0.05) is 20.3 Å². The molecule has 4 heteroatoms. The molecule has 14 heavy (non-hydrogen) atoms. The number of hydrogen-bond donors (Lipinski definition) is 2. The maximum absolute atomic E-state index is 8.80. The molecule has 0 radical (unpaired) electrons. The fourth-order valence-corrected chi connectivity index (χ4v) is 1.96. The lowest BCUT2D eigenvalue weighted by molar-refractivity contribution is 0.199. The first kappa shape index (κ1) is 14.2. The van der Waals surface area contributed by atoms with Crippen molar-refractivity contribution in [1.82, 2.24) is 5.32 Å². The number of aliphatic hydroxyl groups is 1. The number of hydrogen-bond acceptors (Lipinski definition) is 4. The topological polar surface area (TPSA) is 41.5 Å². The molecule has 0 aliphatic rings. The second kappa shape index (κ2) is 11.3. The average Bonchev–Trinajstić information content (AvgIpc) is 2.21. The lowest BCUT2D eigenvalue weighted by Gasteiger charge is -2.07. The molecular weight excluding hydrogens is 198 g/mol. The Morgan fingerprint density at radius 2 is 2.21 bits per heavy atom. The maximum Gasteiger partial charge on any atom is 0.0587 e. The quantitative estimate of drug-likeness (QED) is 0.540. The highest BCUT2D eigenvalue weighted by molar-refractivity contribution is 7.99. The summed E-state index contributed by atoms with van der Waals surface area (Å²) in [5, 5.41) is 12.1. The Hall–Kier alpha value is 0.230. The number of rotatable bonds is 10. The van der Waals surface area contributed by atoms with Crippen LogP contribution in [0.15, 0.2) is 0 Å². The highest BCUT2D eigenvalue weighted by atomic mass is 32.2. The molecule has 0 rings (SSSR count). The highest BCUT2D eigenvalue weighted by Gasteiger charge is 1.98. The van der Waals surface area contributed by atoms with Gasteiger partial charge in [-0.25, -0.2) is 0 Å². The third-order valence-corrected chi connectivity index (χ3v) is 3.22. The van der Waals surface area contributed by atoms with Gasteiger partial charge in [0.05, 0.1) is 6.61 Å². The van der Waals surface area contributed by atoms with Gasteiger partial charge >= 0.3 is 0 Å². The minimum Gasteiger partial charge on any atom is -0.396 e. The molecule has 0 aromatic rings. The molecule has 1 unspecified atom stereocenters. The Morgan fingerprint density at radius 1 is 1.43 bits per heavy atom. The predicted octanol–water partition coefficient (Wildman–Crippen LogP) is 0.974. The Morgan fingerprint density at radius 3 is 2.86 bits per heavy atom. The minimum atomic E-state index is 0.305. The fourth-order valence-electron chi connectivity index (χ4n) is 0.936. The molecule has 0 saturated heterocycles. The Kier molecular flexibility index (Phi) is 11.5. The maximum atomic E-state index is 8.80. The van der Waals surface area contributed by atoms with Gasteiger partial charge < -0.3 is 15.2 Å². The van der Waals surface area contributed by atoms with Crippen molar-refractivity contribution in [2.24, 2.45) is 5.92 Å². The molecule has 0 fully saturated rings. The van der Waals surface area contributed by atoms with E-state index in [9.17, 15) is 0 Å². The summed E-state index contributed by atoms with van der Waals surface area (Å²) in [7, 11) is 1.72. The van der Waals surface area contributed by atoms with Crippen LogP contribution in [0.3, 0.4) is 0 Å². The summed E-state index contributed by atoms with van der Waals surface area (Å²) in [5.41, 5.74) is 0. The summed E-state index contributed by atoms with van der Waals surface area (Å²) in [6, 6.07) is 0. The van der Waals surface area contributed by atoms with Crippen molar-refractivity contribution in [2.45, 2.75) is 13.3 Å². The predicted molar refractivity (Wildman–Crippen MR) is 62.9 cm³/mol. The Balaban J connectivity index is 2.92. The van der Waals surface area contributed by atoms with E-state index in [0.29, 0.717) is 12.5 Å². The molecule has 0 aliphatic carbocycles. The fraction of sp³-hybridized carbons (Fsp3) is 1.00. The lowest BCUT2D eigenvalue weighted by atomic mass is 10.2. The molecule has 0 aromatic carbocycles. The number of ether oxygens (including phenoxy) is 1. The first-order valence-electron chi connectivity index (χ1n) is 5.19. The van der Waals surface area contributed by atoms with Gasteiger partial charge in [0.25, 0.3) is 0 Å². The summed E-state index contributed by atoms with van der Waals surface area (Å²) in [6.45, 7) is 5.16. The van der Waals surface area contributed by atoms with Crippen molar-refractivity contribution in [3.05, 3.63) is 0 Å². The van der Waals surface area contributed by atoms with Crippen LogP contribution in [-0.4, -0.2) is 50.0 Å². The number of methoxy groups -OCH3 is 1. The largest absolute Gasteiger partial charge is 0.396 e. The first-order valence-corrected chi connectivity index (χ1v) is 6.35. The molecule has 0 bridgehead atoms. The zero-order chi connectivity index (χ0) is 10.6.